The van der Waals surface area contributed by atoms with Crippen molar-refractivity contribution < 1.29 is 14.7 Å². The van der Waals surface area contributed by atoms with E-state index in [9.17, 15) is 9.59 Å². The number of carbonyl (C=O) groups excluding carboxylic acids is 1. The maximum absolute atomic E-state index is 12.2. The molecule has 0 aromatic carbocycles. The van der Waals surface area contributed by atoms with Crippen LogP contribution in [0.2, 0.25) is 0 Å². The fourth-order valence-electron chi connectivity index (χ4n) is 2.48. The SMILES string of the molecule is CC(C(=O)O)C1CN(C(=O)C2(C)CCCS2)C1. The first-order chi connectivity index (χ1) is 7.94. The Hall–Kier alpha value is -0.710. The highest BCUT2D eigenvalue weighted by molar-refractivity contribution is 8.01. The minimum Gasteiger partial charge on any atom is -0.481 e. The maximum Gasteiger partial charge on any atom is 0.306 e. The third kappa shape index (κ3) is 2.30. The predicted molar refractivity (Wildman–Crippen MR) is 67.0 cm³/mol. The van der Waals surface area contributed by atoms with Crippen LogP contribution in [-0.4, -0.2) is 45.5 Å². The van der Waals surface area contributed by atoms with Crippen molar-refractivity contribution in [3.8, 4) is 0 Å². The van der Waals surface area contributed by atoms with Crippen LogP contribution in [0, 0.1) is 11.8 Å². The molecule has 5 heteroatoms. The van der Waals surface area contributed by atoms with E-state index < -0.39 is 5.97 Å². The van der Waals surface area contributed by atoms with E-state index >= 15 is 0 Å². The van der Waals surface area contributed by atoms with Gasteiger partial charge in [-0.05, 0) is 25.5 Å². The lowest BCUT2D eigenvalue weighted by Crippen LogP contribution is -2.57. The number of carboxylic acids is 1. The van der Waals surface area contributed by atoms with Crippen molar-refractivity contribution >= 4 is 23.6 Å². The van der Waals surface area contributed by atoms with Gasteiger partial charge in [0.15, 0.2) is 0 Å². The Morgan fingerprint density at radius 1 is 1.47 bits per heavy atom. The van der Waals surface area contributed by atoms with Gasteiger partial charge >= 0.3 is 5.97 Å². The second kappa shape index (κ2) is 4.52. The number of carboxylic acid groups (broad SMARTS) is 1. The minimum atomic E-state index is -0.761. The molecule has 4 nitrogen and oxygen atoms in total. The van der Waals surface area contributed by atoms with Crippen LogP contribution in [0.1, 0.15) is 26.7 Å². The van der Waals surface area contributed by atoms with Crippen LogP contribution in [-0.2, 0) is 9.59 Å². The Bertz CT molecular complexity index is 333. The normalized spacial score (nSPS) is 31.1. The van der Waals surface area contributed by atoms with Gasteiger partial charge in [-0.1, -0.05) is 6.92 Å². The second-order valence-electron chi connectivity index (χ2n) is 5.28. The number of rotatable bonds is 3. The Morgan fingerprint density at radius 2 is 2.12 bits per heavy atom. The van der Waals surface area contributed by atoms with Crippen molar-refractivity contribution in [1.29, 1.82) is 0 Å². The summed E-state index contributed by atoms with van der Waals surface area (Å²) < 4.78 is -0.253. The average molecular weight is 257 g/mol. The Morgan fingerprint density at radius 3 is 2.59 bits per heavy atom. The first-order valence-electron chi connectivity index (χ1n) is 6.10. The molecule has 0 aromatic rings. The number of hydrogen-bond acceptors (Lipinski definition) is 3. The molecule has 0 aliphatic carbocycles. The quantitative estimate of drug-likeness (QED) is 0.831. The largest absolute Gasteiger partial charge is 0.481 e. The molecule has 0 saturated carbocycles. The molecule has 0 aromatic heterocycles. The molecule has 0 spiro atoms. The molecule has 2 heterocycles. The summed E-state index contributed by atoms with van der Waals surface area (Å²) in [6.45, 7) is 4.96. The molecule has 1 N–H and O–H groups in total. The summed E-state index contributed by atoms with van der Waals surface area (Å²) in [7, 11) is 0. The molecule has 2 rings (SSSR count). The minimum absolute atomic E-state index is 0.131. The summed E-state index contributed by atoms with van der Waals surface area (Å²) in [5.41, 5.74) is 0. The molecular weight excluding hydrogens is 238 g/mol. The van der Waals surface area contributed by atoms with E-state index in [4.69, 9.17) is 5.11 Å². The van der Waals surface area contributed by atoms with Crippen LogP contribution >= 0.6 is 11.8 Å². The van der Waals surface area contributed by atoms with Gasteiger partial charge in [-0.15, -0.1) is 11.8 Å². The van der Waals surface area contributed by atoms with Crippen molar-refractivity contribution in [3.63, 3.8) is 0 Å². The predicted octanol–water partition coefficient (Wildman–Crippen LogP) is 1.45. The Balaban J connectivity index is 1.87. The van der Waals surface area contributed by atoms with Gasteiger partial charge in [-0.2, -0.15) is 0 Å². The molecule has 0 radical (unpaired) electrons. The first-order valence-corrected chi connectivity index (χ1v) is 7.09. The van der Waals surface area contributed by atoms with Gasteiger partial charge in [0.2, 0.25) is 5.91 Å². The van der Waals surface area contributed by atoms with E-state index in [1.807, 2.05) is 11.8 Å². The summed E-state index contributed by atoms with van der Waals surface area (Å²) in [6.07, 6.45) is 2.06. The standard InChI is InChI=1S/C12H19NO3S/c1-8(10(14)15)9-6-13(7-9)11(16)12(2)4-3-5-17-12/h8-9H,3-7H2,1-2H3,(H,14,15). The zero-order valence-electron chi connectivity index (χ0n) is 10.3. The highest BCUT2D eigenvalue weighted by Gasteiger charge is 2.45. The van der Waals surface area contributed by atoms with Gasteiger partial charge < -0.3 is 10.0 Å². The average Bonchev–Trinajstić information content (AvgIpc) is 2.63. The van der Waals surface area contributed by atoms with E-state index in [1.165, 1.54) is 0 Å². The molecular formula is C12H19NO3S. The number of nitrogens with zero attached hydrogens (tertiary/aromatic N) is 1. The number of hydrogen-bond donors (Lipinski definition) is 1. The second-order valence-corrected chi connectivity index (χ2v) is 6.88. The molecule has 2 aliphatic heterocycles. The van der Waals surface area contributed by atoms with Crippen molar-refractivity contribution in [1.82, 2.24) is 4.90 Å². The number of aliphatic carboxylic acids is 1. The van der Waals surface area contributed by atoms with Gasteiger partial charge in [0.25, 0.3) is 0 Å². The lowest BCUT2D eigenvalue weighted by atomic mass is 9.86. The Labute approximate surface area is 106 Å². The van der Waals surface area contributed by atoms with Gasteiger partial charge in [0, 0.05) is 19.0 Å². The monoisotopic (exact) mass is 257 g/mol. The van der Waals surface area contributed by atoms with Crippen LogP contribution in [0.3, 0.4) is 0 Å². The zero-order valence-corrected chi connectivity index (χ0v) is 11.1. The van der Waals surface area contributed by atoms with Crippen molar-refractivity contribution in [2.45, 2.75) is 31.4 Å². The number of carbonyl (C=O) groups is 2. The molecule has 17 heavy (non-hydrogen) atoms. The lowest BCUT2D eigenvalue weighted by molar-refractivity contribution is -0.151. The van der Waals surface area contributed by atoms with Crippen molar-refractivity contribution in [3.05, 3.63) is 0 Å². The first kappa shape index (κ1) is 12.7. The summed E-state index contributed by atoms with van der Waals surface area (Å²) >= 11 is 1.74. The van der Waals surface area contributed by atoms with Gasteiger partial charge in [-0.25, -0.2) is 0 Å². The summed E-state index contributed by atoms with van der Waals surface area (Å²) in [6, 6.07) is 0. The summed E-state index contributed by atoms with van der Waals surface area (Å²) in [4.78, 5) is 24.9. The van der Waals surface area contributed by atoms with E-state index in [2.05, 4.69) is 0 Å². The highest BCUT2D eigenvalue weighted by Crippen LogP contribution is 2.40. The van der Waals surface area contributed by atoms with E-state index in [1.54, 1.807) is 18.7 Å². The fraction of sp³-hybridized carbons (Fsp3) is 0.833. The van der Waals surface area contributed by atoms with Crippen LogP contribution in [0.5, 0.6) is 0 Å². The third-order valence-electron chi connectivity index (χ3n) is 3.96. The van der Waals surface area contributed by atoms with Gasteiger partial charge in [0.05, 0.1) is 10.7 Å². The maximum atomic E-state index is 12.2. The van der Waals surface area contributed by atoms with E-state index in [-0.39, 0.29) is 22.5 Å². The molecule has 2 atom stereocenters. The molecule has 2 unspecified atom stereocenters. The fourth-order valence-corrected chi connectivity index (χ4v) is 3.76. The molecule has 96 valence electrons. The summed E-state index contributed by atoms with van der Waals surface area (Å²) in [5, 5.41) is 8.90. The smallest absolute Gasteiger partial charge is 0.306 e. The summed E-state index contributed by atoms with van der Waals surface area (Å²) in [5.74, 6) is 0.289. The molecule has 2 aliphatic rings. The van der Waals surface area contributed by atoms with Gasteiger partial charge in [-0.3, -0.25) is 9.59 Å². The van der Waals surface area contributed by atoms with Crippen LogP contribution in [0.4, 0.5) is 0 Å². The number of thioether (sulfide) groups is 1. The van der Waals surface area contributed by atoms with E-state index in [0.717, 1.165) is 18.6 Å². The highest BCUT2D eigenvalue weighted by atomic mass is 32.2. The number of likely N-dealkylation sites (tertiary alicyclic amines) is 1. The van der Waals surface area contributed by atoms with E-state index in [0.29, 0.717) is 13.1 Å². The molecule has 0 bridgehead atoms. The van der Waals surface area contributed by atoms with Gasteiger partial charge in [0.1, 0.15) is 0 Å². The lowest BCUT2D eigenvalue weighted by Gasteiger charge is -2.44. The van der Waals surface area contributed by atoms with Crippen molar-refractivity contribution in [2.24, 2.45) is 11.8 Å². The third-order valence-corrected chi connectivity index (χ3v) is 5.47. The van der Waals surface area contributed by atoms with Crippen LogP contribution in [0.25, 0.3) is 0 Å². The molecule has 2 saturated heterocycles. The van der Waals surface area contributed by atoms with Crippen molar-refractivity contribution in [2.75, 3.05) is 18.8 Å². The Kier molecular flexibility index (Phi) is 3.39. The topological polar surface area (TPSA) is 57.6 Å². The zero-order chi connectivity index (χ0) is 12.6. The molecule has 1 amide bonds. The van der Waals surface area contributed by atoms with Crippen LogP contribution < -0.4 is 0 Å². The van der Waals surface area contributed by atoms with Crippen LogP contribution in [0.15, 0.2) is 0 Å². The number of amides is 1. The molecule has 2 fully saturated rings.